The molecule has 4 aliphatic carbocycles. The summed E-state index contributed by atoms with van der Waals surface area (Å²) in [6.45, 7) is 2.08. The molecule has 4 aliphatic rings. The van der Waals surface area contributed by atoms with Gasteiger partial charge in [0.15, 0.2) is 0 Å². The fourth-order valence-corrected chi connectivity index (χ4v) is 9.48. The molecule has 3 atom stereocenters. The predicted octanol–water partition coefficient (Wildman–Crippen LogP) is 12.0. The van der Waals surface area contributed by atoms with Crippen molar-refractivity contribution in [2.75, 3.05) is 0 Å². The van der Waals surface area contributed by atoms with Gasteiger partial charge in [-0.05, 0) is 105 Å². The smallest absolute Gasteiger partial charge is 0.0714 e. The first-order valence-corrected chi connectivity index (χ1v) is 18.4. The maximum Gasteiger partial charge on any atom is 0.0714 e. The topological polar surface area (TPSA) is 38.9 Å². The molecule has 0 aliphatic heterocycles. The van der Waals surface area contributed by atoms with Crippen LogP contribution in [-0.4, -0.2) is 4.98 Å². The SMILES string of the molecule is C/C=C\C(=C/N)C1(c2ccccc2)C2=C(CCC=C2)C2C=CC(c3ccc(-c4c5ccccc5c(C5=CCCC=C5)c5ccccc45)nc3)=CC21. The van der Waals surface area contributed by atoms with Crippen molar-refractivity contribution in [3.8, 4) is 11.3 Å². The molecule has 0 bridgehead atoms. The van der Waals surface area contributed by atoms with Crippen molar-refractivity contribution in [1.82, 2.24) is 4.98 Å². The van der Waals surface area contributed by atoms with E-state index in [9.17, 15) is 0 Å². The van der Waals surface area contributed by atoms with Gasteiger partial charge in [-0.3, -0.25) is 4.98 Å². The Bertz CT molecular complexity index is 2370. The van der Waals surface area contributed by atoms with Gasteiger partial charge in [-0.15, -0.1) is 0 Å². The Morgan fingerprint density at radius 2 is 1.45 bits per heavy atom. The van der Waals surface area contributed by atoms with Crippen LogP contribution in [0.2, 0.25) is 0 Å². The lowest BCUT2D eigenvalue weighted by atomic mass is 9.61. The second-order valence-electron chi connectivity index (χ2n) is 14.1. The van der Waals surface area contributed by atoms with E-state index in [0.29, 0.717) is 5.92 Å². The quantitative estimate of drug-likeness (QED) is 0.146. The average Bonchev–Trinajstić information content (AvgIpc) is 3.50. The molecular formula is C49H42N2. The zero-order chi connectivity index (χ0) is 34.4. The minimum absolute atomic E-state index is 0.182. The Labute approximate surface area is 301 Å². The summed E-state index contributed by atoms with van der Waals surface area (Å²) in [5.74, 6) is 0.494. The monoisotopic (exact) mass is 658 g/mol. The minimum atomic E-state index is -0.384. The Kier molecular flexibility index (Phi) is 7.89. The maximum atomic E-state index is 6.54. The number of nitrogens with two attached hydrogens (primary N) is 1. The molecule has 248 valence electrons. The van der Waals surface area contributed by atoms with Gasteiger partial charge < -0.3 is 5.73 Å². The second-order valence-corrected chi connectivity index (χ2v) is 14.1. The zero-order valence-corrected chi connectivity index (χ0v) is 29.1. The Morgan fingerprint density at radius 3 is 2.10 bits per heavy atom. The van der Waals surface area contributed by atoms with E-state index < -0.39 is 0 Å². The molecule has 2 nitrogen and oxygen atoms in total. The van der Waals surface area contributed by atoms with Crippen LogP contribution in [0.1, 0.15) is 49.3 Å². The molecule has 0 spiro atoms. The van der Waals surface area contributed by atoms with Gasteiger partial charge >= 0.3 is 0 Å². The van der Waals surface area contributed by atoms with Gasteiger partial charge in [0.25, 0.3) is 0 Å². The van der Waals surface area contributed by atoms with Gasteiger partial charge in [-0.25, -0.2) is 0 Å². The maximum absolute atomic E-state index is 6.54. The first-order valence-electron chi connectivity index (χ1n) is 18.4. The standard InChI is InChI=1S/C49H42N2/c1-2-15-37(31-50)49(36-18-7-4-8-19-36)44-25-14-13-20-38(44)39-28-26-34(30-45(39)49)35-27-29-46(51-32-35)48-42-23-11-9-21-40(42)47(33-16-5-3-6-17-33)41-22-10-12-24-43(41)48/h2,4-5,7-12,14-19,21-32,39,45H,3,6,13,20,50H2,1H3/b15-2-,37-31+. The average molecular weight is 659 g/mol. The van der Waals surface area contributed by atoms with Gasteiger partial charge in [0.2, 0.25) is 0 Å². The van der Waals surface area contributed by atoms with Crippen LogP contribution in [0.5, 0.6) is 0 Å². The summed E-state index contributed by atoms with van der Waals surface area (Å²) in [6.07, 6.45) is 31.6. The third kappa shape index (κ3) is 4.88. The van der Waals surface area contributed by atoms with Crippen molar-refractivity contribution in [3.63, 3.8) is 0 Å². The summed E-state index contributed by atoms with van der Waals surface area (Å²) >= 11 is 0. The first-order chi connectivity index (χ1) is 25.2. The van der Waals surface area contributed by atoms with Crippen molar-refractivity contribution < 1.29 is 0 Å². The summed E-state index contributed by atoms with van der Waals surface area (Å²) in [4.78, 5) is 5.23. The summed E-state index contributed by atoms with van der Waals surface area (Å²) < 4.78 is 0. The van der Waals surface area contributed by atoms with E-state index in [1.165, 1.54) is 60.5 Å². The number of allylic oxidation sites excluding steroid dienone is 15. The van der Waals surface area contributed by atoms with Crippen molar-refractivity contribution >= 4 is 32.7 Å². The zero-order valence-electron chi connectivity index (χ0n) is 29.1. The second kappa shape index (κ2) is 12.9. The van der Waals surface area contributed by atoms with Crippen molar-refractivity contribution in [3.05, 3.63) is 198 Å². The van der Waals surface area contributed by atoms with E-state index in [1.807, 2.05) is 6.20 Å². The van der Waals surface area contributed by atoms with Crippen molar-refractivity contribution in [2.24, 2.45) is 17.6 Å². The predicted molar refractivity (Wildman–Crippen MR) is 216 cm³/mol. The molecule has 0 saturated heterocycles. The van der Waals surface area contributed by atoms with Gasteiger partial charge in [0.1, 0.15) is 0 Å². The summed E-state index contributed by atoms with van der Waals surface area (Å²) in [6, 6.07) is 33.2. The highest BCUT2D eigenvalue weighted by Gasteiger charge is 2.54. The van der Waals surface area contributed by atoms with Crippen LogP contribution in [0.25, 0.3) is 43.9 Å². The van der Waals surface area contributed by atoms with E-state index in [-0.39, 0.29) is 11.3 Å². The molecule has 4 aromatic carbocycles. The van der Waals surface area contributed by atoms with Gasteiger partial charge in [0, 0.05) is 23.6 Å². The third-order valence-corrected chi connectivity index (χ3v) is 11.5. The lowest BCUT2D eigenvalue weighted by Crippen LogP contribution is -2.37. The minimum Gasteiger partial charge on any atom is -0.404 e. The molecule has 3 unspecified atom stereocenters. The lowest BCUT2D eigenvalue weighted by molar-refractivity contribution is 0.423. The molecule has 51 heavy (non-hydrogen) atoms. The van der Waals surface area contributed by atoms with E-state index in [4.69, 9.17) is 10.7 Å². The number of aromatic nitrogens is 1. The molecule has 0 saturated carbocycles. The van der Waals surface area contributed by atoms with Gasteiger partial charge in [0.05, 0.1) is 11.1 Å². The lowest BCUT2D eigenvalue weighted by Gasteiger charge is -2.41. The molecular weight excluding hydrogens is 617 g/mol. The van der Waals surface area contributed by atoms with E-state index in [2.05, 4.69) is 165 Å². The summed E-state index contributed by atoms with van der Waals surface area (Å²) in [5.41, 5.74) is 18.7. The molecule has 0 fully saturated rings. The largest absolute Gasteiger partial charge is 0.404 e. The number of rotatable bonds is 6. The number of benzene rings is 4. The highest BCUT2D eigenvalue weighted by atomic mass is 14.7. The van der Waals surface area contributed by atoms with Crippen LogP contribution in [0.4, 0.5) is 0 Å². The highest BCUT2D eigenvalue weighted by Crippen LogP contribution is 2.61. The highest BCUT2D eigenvalue weighted by molar-refractivity contribution is 6.19. The fraction of sp³-hybridized carbons (Fsp3) is 0.163. The Morgan fingerprint density at radius 1 is 0.745 bits per heavy atom. The normalized spacial score (nSPS) is 22.8. The third-order valence-electron chi connectivity index (χ3n) is 11.5. The Hall–Kier alpha value is -5.73. The molecule has 0 amide bonds. The van der Waals surface area contributed by atoms with Crippen LogP contribution in [-0.2, 0) is 5.41 Å². The van der Waals surface area contributed by atoms with E-state index >= 15 is 0 Å². The number of pyridine rings is 1. The van der Waals surface area contributed by atoms with Crippen molar-refractivity contribution in [1.29, 1.82) is 0 Å². The van der Waals surface area contributed by atoms with Crippen LogP contribution in [0.15, 0.2) is 181 Å². The van der Waals surface area contributed by atoms with E-state index in [0.717, 1.165) is 42.5 Å². The number of hydrogen-bond donors (Lipinski definition) is 1. The van der Waals surface area contributed by atoms with Crippen LogP contribution < -0.4 is 5.73 Å². The van der Waals surface area contributed by atoms with Gasteiger partial charge in [-0.2, -0.15) is 0 Å². The summed E-state index contributed by atoms with van der Waals surface area (Å²) in [5, 5.41) is 5.01. The van der Waals surface area contributed by atoms with Crippen LogP contribution in [0, 0.1) is 11.8 Å². The molecule has 9 rings (SSSR count). The Balaban J connectivity index is 1.18. The van der Waals surface area contributed by atoms with Gasteiger partial charge in [-0.1, -0.05) is 151 Å². The molecule has 1 heterocycles. The molecule has 2 heteroatoms. The molecule has 1 aromatic heterocycles. The number of nitrogens with zero attached hydrogens (tertiary/aromatic N) is 1. The summed E-state index contributed by atoms with van der Waals surface area (Å²) in [7, 11) is 0. The van der Waals surface area contributed by atoms with Crippen molar-refractivity contribution in [2.45, 2.75) is 38.0 Å². The number of hydrogen-bond acceptors (Lipinski definition) is 2. The molecule has 5 aromatic rings. The van der Waals surface area contributed by atoms with E-state index in [1.54, 1.807) is 0 Å². The molecule has 0 radical (unpaired) electrons. The fourth-order valence-electron chi connectivity index (χ4n) is 9.48. The number of fused-ring (bicyclic) bond motifs is 4. The first kappa shape index (κ1) is 31.3. The van der Waals surface area contributed by atoms with Crippen LogP contribution in [0.3, 0.4) is 0 Å². The van der Waals surface area contributed by atoms with Crippen LogP contribution >= 0.6 is 0 Å². The molecule has 2 N–H and O–H groups in total.